The maximum Gasteiger partial charge on any atom is 0.218 e. The molecule has 158 valence electrons. The van der Waals surface area contributed by atoms with Crippen molar-refractivity contribution in [3.8, 4) is 0 Å². The van der Waals surface area contributed by atoms with E-state index in [4.69, 9.17) is 40.4 Å². The number of nitrogens with one attached hydrogen (secondary N) is 2. The highest BCUT2D eigenvalue weighted by Gasteiger charge is 2.11. The van der Waals surface area contributed by atoms with E-state index >= 15 is 0 Å². The van der Waals surface area contributed by atoms with Gasteiger partial charge in [0.2, 0.25) is 5.96 Å². The van der Waals surface area contributed by atoms with E-state index in [1.807, 2.05) is 42.5 Å². The predicted molar refractivity (Wildman–Crippen MR) is 132 cm³/mol. The zero-order chi connectivity index (χ0) is 22.0. The summed E-state index contributed by atoms with van der Waals surface area (Å²) in [6.45, 7) is 0.429. The number of rotatable bonds is 5. The summed E-state index contributed by atoms with van der Waals surface area (Å²) in [6, 6.07) is 17.5. The average molecular weight is 454 g/mol. The minimum Gasteiger partial charge on any atom is -0.370 e. The Morgan fingerprint density at radius 2 is 1.61 bits per heavy atom. The molecule has 3 aromatic carbocycles. The minimum atomic E-state index is -0.120. The molecule has 0 radical (unpaired) electrons. The van der Waals surface area contributed by atoms with Gasteiger partial charge in [0.1, 0.15) is 0 Å². The monoisotopic (exact) mass is 453 g/mol. The van der Waals surface area contributed by atoms with Gasteiger partial charge < -0.3 is 27.5 Å². The van der Waals surface area contributed by atoms with Crippen LogP contribution in [-0.4, -0.2) is 23.4 Å². The first-order valence-electron chi connectivity index (χ1n) is 9.55. The second-order valence-corrected chi connectivity index (χ2v) is 7.90. The van der Waals surface area contributed by atoms with Crippen LogP contribution >= 0.6 is 23.2 Å². The van der Waals surface area contributed by atoms with Crippen molar-refractivity contribution in [3.05, 3.63) is 70.2 Å². The molecular weight excluding hydrogens is 433 g/mol. The van der Waals surface area contributed by atoms with E-state index in [9.17, 15) is 0 Å². The summed E-state index contributed by atoms with van der Waals surface area (Å²) in [4.78, 5) is 11.5. The van der Waals surface area contributed by atoms with E-state index in [1.54, 1.807) is 0 Å². The molecule has 9 heteroatoms. The predicted octanol–water partition coefficient (Wildman–Crippen LogP) is 4.50. The van der Waals surface area contributed by atoms with Gasteiger partial charge >= 0.3 is 0 Å². The molecule has 0 spiro atoms. The van der Waals surface area contributed by atoms with Gasteiger partial charge in [-0.15, -0.1) is 0 Å². The van der Waals surface area contributed by atoms with Crippen molar-refractivity contribution >= 4 is 68.3 Å². The molecule has 0 unspecified atom stereocenters. The van der Waals surface area contributed by atoms with Gasteiger partial charge in [0.05, 0.1) is 0 Å². The summed E-state index contributed by atoms with van der Waals surface area (Å²) in [5, 5.41) is 6.91. The van der Waals surface area contributed by atoms with Crippen molar-refractivity contribution in [1.82, 2.24) is 4.98 Å². The van der Waals surface area contributed by atoms with Crippen molar-refractivity contribution in [2.75, 3.05) is 11.9 Å². The lowest BCUT2D eigenvalue weighted by atomic mass is 10.0. The molecule has 31 heavy (non-hydrogen) atoms. The van der Waals surface area contributed by atoms with Crippen LogP contribution in [0.5, 0.6) is 0 Å². The molecule has 7 nitrogen and oxygen atoms in total. The standard InChI is InChI=1S/C22H21Cl2N7/c23-13-1-4-15(5-2-13)29-16-9-12(7-8-28-22(27)31-21(25)26)20-18(11-16)17-10-14(24)3-6-19(17)30-20/h1-6,9-11,29-30H,7-8H2,(H6,25,26,27,28,31). The number of aromatic nitrogens is 1. The van der Waals surface area contributed by atoms with Gasteiger partial charge in [0, 0.05) is 49.8 Å². The molecule has 0 amide bonds. The number of hydrogen-bond acceptors (Lipinski definition) is 2. The van der Waals surface area contributed by atoms with Gasteiger partial charge in [0.15, 0.2) is 5.96 Å². The molecule has 0 saturated heterocycles. The van der Waals surface area contributed by atoms with Crippen molar-refractivity contribution in [2.45, 2.75) is 6.42 Å². The lowest BCUT2D eigenvalue weighted by Crippen LogP contribution is -2.26. The summed E-state index contributed by atoms with van der Waals surface area (Å²) >= 11 is 12.3. The van der Waals surface area contributed by atoms with Crippen molar-refractivity contribution in [3.63, 3.8) is 0 Å². The molecule has 0 aliphatic rings. The summed E-state index contributed by atoms with van der Waals surface area (Å²) < 4.78 is 0. The van der Waals surface area contributed by atoms with Crippen LogP contribution in [0.15, 0.2) is 64.6 Å². The third-order valence-corrected chi connectivity index (χ3v) is 5.27. The Kier molecular flexibility index (Phi) is 5.88. The highest BCUT2D eigenvalue weighted by molar-refractivity contribution is 6.32. The zero-order valence-corrected chi connectivity index (χ0v) is 18.0. The Bertz CT molecular complexity index is 1300. The topological polar surface area (TPSA) is 131 Å². The van der Waals surface area contributed by atoms with Crippen LogP contribution in [-0.2, 0) is 6.42 Å². The Hall–Kier alpha value is -3.42. The van der Waals surface area contributed by atoms with Crippen LogP contribution in [0.3, 0.4) is 0 Å². The number of hydrogen-bond donors (Lipinski definition) is 5. The van der Waals surface area contributed by atoms with Gasteiger partial charge in [-0.1, -0.05) is 23.2 Å². The molecule has 0 fully saturated rings. The number of nitrogens with two attached hydrogens (primary N) is 3. The Morgan fingerprint density at radius 1 is 0.871 bits per heavy atom. The van der Waals surface area contributed by atoms with E-state index in [2.05, 4.69) is 32.4 Å². The smallest absolute Gasteiger partial charge is 0.218 e. The Morgan fingerprint density at radius 3 is 2.35 bits per heavy atom. The fourth-order valence-corrected chi connectivity index (χ4v) is 3.77. The van der Waals surface area contributed by atoms with Gasteiger partial charge in [-0.2, -0.15) is 4.99 Å². The number of benzene rings is 3. The first-order chi connectivity index (χ1) is 14.9. The second-order valence-electron chi connectivity index (χ2n) is 7.03. The fourth-order valence-electron chi connectivity index (χ4n) is 3.47. The third-order valence-electron chi connectivity index (χ3n) is 4.78. The van der Waals surface area contributed by atoms with Crippen LogP contribution in [0.25, 0.3) is 21.8 Å². The van der Waals surface area contributed by atoms with Crippen molar-refractivity contribution < 1.29 is 0 Å². The van der Waals surface area contributed by atoms with Crippen molar-refractivity contribution in [2.24, 2.45) is 27.2 Å². The molecule has 0 atom stereocenters. The zero-order valence-electron chi connectivity index (χ0n) is 16.5. The number of guanidine groups is 2. The summed E-state index contributed by atoms with van der Waals surface area (Å²) in [7, 11) is 0. The molecule has 1 heterocycles. The lowest BCUT2D eigenvalue weighted by molar-refractivity contribution is 0.968. The Balaban J connectivity index is 1.75. The second kappa shape index (κ2) is 8.75. The maximum absolute atomic E-state index is 6.25. The van der Waals surface area contributed by atoms with Crippen LogP contribution in [0.2, 0.25) is 10.0 Å². The molecule has 0 saturated carbocycles. The number of fused-ring (bicyclic) bond motifs is 3. The number of halogens is 2. The van der Waals surface area contributed by atoms with Crippen molar-refractivity contribution in [1.29, 1.82) is 0 Å². The molecular formula is C22H21Cl2N7. The van der Waals surface area contributed by atoms with E-state index < -0.39 is 0 Å². The SMILES string of the molecule is NC(N)=NC(N)=NCCc1cc(Nc2ccc(Cl)cc2)cc2c1[nH]c1ccc(Cl)cc12. The van der Waals surface area contributed by atoms with Gasteiger partial charge in [-0.3, -0.25) is 4.99 Å². The van der Waals surface area contributed by atoms with Crippen LogP contribution < -0.4 is 22.5 Å². The highest BCUT2D eigenvalue weighted by Crippen LogP contribution is 2.33. The number of H-pyrrole nitrogens is 1. The first-order valence-corrected chi connectivity index (χ1v) is 10.3. The van der Waals surface area contributed by atoms with E-state index in [0.717, 1.165) is 38.7 Å². The number of aromatic amines is 1. The van der Waals surface area contributed by atoms with E-state index in [-0.39, 0.29) is 11.9 Å². The molecule has 0 bridgehead atoms. The van der Waals surface area contributed by atoms with Gasteiger partial charge in [-0.25, -0.2) is 0 Å². The molecule has 4 aromatic rings. The maximum atomic E-state index is 6.25. The molecule has 8 N–H and O–H groups in total. The van der Waals surface area contributed by atoms with Crippen LogP contribution in [0, 0.1) is 0 Å². The lowest BCUT2D eigenvalue weighted by Gasteiger charge is -2.10. The first kappa shape index (κ1) is 20.8. The number of anilines is 2. The van der Waals surface area contributed by atoms with Gasteiger partial charge in [-0.05, 0) is 66.6 Å². The summed E-state index contributed by atoms with van der Waals surface area (Å²) in [5.74, 6) is -0.0691. The molecule has 0 aliphatic heterocycles. The molecule has 4 rings (SSSR count). The highest BCUT2D eigenvalue weighted by atomic mass is 35.5. The third kappa shape index (κ3) is 4.84. The summed E-state index contributed by atoms with van der Waals surface area (Å²) in [5.41, 5.74) is 21.4. The van der Waals surface area contributed by atoms with E-state index in [0.29, 0.717) is 23.0 Å². The molecule has 0 aliphatic carbocycles. The normalized spacial score (nSPS) is 11.7. The largest absolute Gasteiger partial charge is 0.370 e. The average Bonchev–Trinajstić information content (AvgIpc) is 3.07. The Labute approximate surface area is 188 Å². The molecule has 1 aromatic heterocycles. The number of aliphatic imine (C=N–C) groups is 2. The van der Waals surface area contributed by atoms with Crippen LogP contribution in [0.4, 0.5) is 11.4 Å². The van der Waals surface area contributed by atoms with Gasteiger partial charge in [0.25, 0.3) is 0 Å². The quantitative estimate of drug-likeness (QED) is 0.224. The fraction of sp³-hybridized carbons (Fsp3) is 0.0909. The minimum absolute atomic E-state index is 0.0510. The number of nitrogens with zero attached hydrogens (tertiary/aromatic N) is 2. The summed E-state index contributed by atoms with van der Waals surface area (Å²) in [6.07, 6.45) is 0.633. The van der Waals surface area contributed by atoms with Crippen LogP contribution in [0.1, 0.15) is 5.56 Å². The van der Waals surface area contributed by atoms with E-state index in [1.165, 1.54) is 0 Å².